The number of methoxy groups -OCH3 is 1. The second kappa shape index (κ2) is 10.5. The summed E-state index contributed by atoms with van der Waals surface area (Å²) in [6, 6.07) is 3.11. The third-order valence-corrected chi connectivity index (χ3v) is 3.64. The number of halogens is 1. The van der Waals surface area contributed by atoms with Gasteiger partial charge in [-0.3, -0.25) is 14.4 Å². The normalized spacial score (nSPS) is 13.0. The highest BCUT2D eigenvalue weighted by Crippen LogP contribution is 2.11. The van der Waals surface area contributed by atoms with Gasteiger partial charge in [0.25, 0.3) is 0 Å². The highest BCUT2D eigenvalue weighted by Gasteiger charge is 2.30. The van der Waals surface area contributed by atoms with Gasteiger partial charge >= 0.3 is 11.9 Å². The SMILES string of the molecule is COC(=O)[C@H](CC(=O)OC(C)(C)C)NC(=O)[C@H](Cc1ccc(F)cc1)NC(C)=O. The molecule has 160 valence electrons. The van der Waals surface area contributed by atoms with Crippen molar-refractivity contribution in [2.45, 2.75) is 58.2 Å². The average molecular weight is 410 g/mol. The van der Waals surface area contributed by atoms with E-state index in [9.17, 15) is 23.6 Å². The van der Waals surface area contributed by atoms with Gasteiger partial charge in [0.05, 0.1) is 13.5 Å². The number of benzene rings is 1. The summed E-state index contributed by atoms with van der Waals surface area (Å²) in [4.78, 5) is 48.3. The molecule has 0 spiro atoms. The van der Waals surface area contributed by atoms with Crippen LogP contribution in [0, 0.1) is 5.82 Å². The minimum atomic E-state index is -1.29. The number of hydrogen-bond donors (Lipinski definition) is 2. The molecule has 0 fully saturated rings. The zero-order valence-corrected chi connectivity index (χ0v) is 17.2. The molecule has 0 aliphatic rings. The molecule has 29 heavy (non-hydrogen) atoms. The van der Waals surface area contributed by atoms with Crippen LogP contribution in [0.5, 0.6) is 0 Å². The van der Waals surface area contributed by atoms with Crippen molar-refractivity contribution < 1.29 is 33.0 Å². The molecule has 0 aliphatic heterocycles. The lowest BCUT2D eigenvalue weighted by molar-refractivity contribution is -0.159. The van der Waals surface area contributed by atoms with Crippen LogP contribution in [-0.4, -0.2) is 48.5 Å². The maximum Gasteiger partial charge on any atom is 0.328 e. The Labute approximate surface area is 169 Å². The van der Waals surface area contributed by atoms with Gasteiger partial charge in [-0.2, -0.15) is 0 Å². The van der Waals surface area contributed by atoms with Crippen LogP contribution in [-0.2, 0) is 35.1 Å². The summed E-state index contributed by atoms with van der Waals surface area (Å²) >= 11 is 0. The fraction of sp³-hybridized carbons (Fsp3) is 0.500. The molecule has 0 radical (unpaired) electrons. The molecule has 0 heterocycles. The zero-order chi connectivity index (χ0) is 22.2. The van der Waals surface area contributed by atoms with Crippen LogP contribution in [0.4, 0.5) is 4.39 Å². The average Bonchev–Trinajstić information content (AvgIpc) is 2.59. The molecule has 1 aromatic rings. The highest BCUT2D eigenvalue weighted by molar-refractivity contribution is 5.92. The summed E-state index contributed by atoms with van der Waals surface area (Å²) in [5.41, 5.74) is -0.162. The fourth-order valence-corrected chi connectivity index (χ4v) is 2.47. The van der Waals surface area contributed by atoms with Crippen molar-refractivity contribution in [1.82, 2.24) is 10.6 Å². The minimum Gasteiger partial charge on any atom is -0.467 e. The summed E-state index contributed by atoms with van der Waals surface area (Å²) in [6.07, 6.45) is -0.370. The summed E-state index contributed by atoms with van der Waals surface area (Å²) in [5, 5.41) is 4.90. The molecule has 2 amide bonds. The molecule has 2 atom stereocenters. The van der Waals surface area contributed by atoms with Crippen molar-refractivity contribution in [1.29, 1.82) is 0 Å². The summed E-state index contributed by atoms with van der Waals surface area (Å²) < 4.78 is 22.9. The van der Waals surface area contributed by atoms with Crippen molar-refractivity contribution in [2.75, 3.05) is 7.11 Å². The summed E-state index contributed by atoms with van der Waals surface area (Å²) in [6.45, 7) is 6.26. The van der Waals surface area contributed by atoms with Crippen molar-refractivity contribution in [2.24, 2.45) is 0 Å². The van der Waals surface area contributed by atoms with Gasteiger partial charge in [0.2, 0.25) is 11.8 Å². The zero-order valence-electron chi connectivity index (χ0n) is 17.2. The maximum atomic E-state index is 13.1. The topological polar surface area (TPSA) is 111 Å². The lowest BCUT2D eigenvalue weighted by Gasteiger charge is -2.24. The van der Waals surface area contributed by atoms with Gasteiger partial charge < -0.3 is 20.1 Å². The van der Waals surface area contributed by atoms with E-state index in [0.717, 1.165) is 7.11 Å². The number of nitrogens with one attached hydrogen (secondary N) is 2. The molecule has 0 bridgehead atoms. The van der Waals surface area contributed by atoms with Crippen molar-refractivity contribution in [3.63, 3.8) is 0 Å². The first kappa shape index (κ1) is 24.1. The molecular formula is C20H27FN2O6. The van der Waals surface area contributed by atoms with E-state index < -0.39 is 53.7 Å². The number of rotatable bonds is 8. The lowest BCUT2D eigenvalue weighted by atomic mass is 10.0. The third-order valence-electron chi connectivity index (χ3n) is 3.64. The van der Waals surface area contributed by atoms with Gasteiger partial charge in [-0.25, -0.2) is 9.18 Å². The maximum absolute atomic E-state index is 13.1. The third kappa shape index (κ3) is 9.18. The minimum absolute atomic E-state index is 0.0615. The Morgan fingerprint density at radius 1 is 1.03 bits per heavy atom. The smallest absolute Gasteiger partial charge is 0.328 e. The summed E-state index contributed by atoms with van der Waals surface area (Å²) in [5.74, 6) is -3.11. The highest BCUT2D eigenvalue weighted by atomic mass is 19.1. The quantitative estimate of drug-likeness (QED) is 0.625. The van der Waals surface area contributed by atoms with Crippen LogP contribution >= 0.6 is 0 Å². The Hall–Kier alpha value is -2.97. The van der Waals surface area contributed by atoms with Crippen LogP contribution in [0.2, 0.25) is 0 Å². The Bertz CT molecular complexity index is 742. The van der Waals surface area contributed by atoms with Crippen LogP contribution in [0.1, 0.15) is 39.7 Å². The van der Waals surface area contributed by atoms with E-state index in [1.54, 1.807) is 20.8 Å². The Morgan fingerprint density at radius 3 is 2.10 bits per heavy atom. The standard InChI is InChI=1S/C20H27FN2O6/c1-12(24)22-15(10-13-6-8-14(21)9-7-13)18(26)23-16(19(27)28-5)11-17(25)29-20(2,3)4/h6-9,15-16H,10-11H2,1-5H3,(H,22,24)(H,23,26)/t15-,16-/m0/s1. The molecule has 0 unspecified atom stereocenters. The predicted molar refractivity (Wildman–Crippen MR) is 102 cm³/mol. The number of carbonyl (C=O) groups excluding carboxylic acids is 4. The lowest BCUT2D eigenvalue weighted by Crippen LogP contribution is -2.53. The fourth-order valence-electron chi connectivity index (χ4n) is 2.47. The first-order chi connectivity index (χ1) is 13.4. The van der Waals surface area contributed by atoms with Gasteiger partial charge in [0, 0.05) is 13.3 Å². The first-order valence-electron chi connectivity index (χ1n) is 9.03. The van der Waals surface area contributed by atoms with Gasteiger partial charge in [-0.1, -0.05) is 12.1 Å². The van der Waals surface area contributed by atoms with Crippen LogP contribution in [0.3, 0.4) is 0 Å². The molecule has 9 heteroatoms. The molecule has 0 aliphatic carbocycles. The first-order valence-corrected chi connectivity index (χ1v) is 9.03. The number of carbonyl (C=O) groups is 4. The second-order valence-electron chi connectivity index (χ2n) is 7.46. The predicted octanol–water partition coefficient (Wildman–Crippen LogP) is 1.26. The van der Waals surface area contributed by atoms with E-state index in [2.05, 4.69) is 15.4 Å². The molecule has 2 N–H and O–H groups in total. The number of amides is 2. The number of hydrogen-bond acceptors (Lipinski definition) is 6. The number of ether oxygens (including phenoxy) is 2. The van der Waals surface area contributed by atoms with Gasteiger partial charge in [0.1, 0.15) is 23.5 Å². The molecule has 1 rings (SSSR count). The monoisotopic (exact) mass is 410 g/mol. The largest absolute Gasteiger partial charge is 0.467 e. The van der Waals surface area contributed by atoms with E-state index in [1.165, 1.54) is 31.2 Å². The van der Waals surface area contributed by atoms with Gasteiger partial charge in [0.15, 0.2) is 0 Å². The van der Waals surface area contributed by atoms with E-state index in [4.69, 9.17) is 4.74 Å². The van der Waals surface area contributed by atoms with Crippen LogP contribution in [0.25, 0.3) is 0 Å². The molecule has 0 saturated carbocycles. The van der Waals surface area contributed by atoms with E-state index >= 15 is 0 Å². The van der Waals surface area contributed by atoms with Gasteiger partial charge in [-0.15, -0.1) is 0 Å². The van der Waals surface area contributed by atoms with E-state index in [-0.39, 0.29) is 6.42 Å². The van der Waals surface area contributed by atoms with E-state index in [1.807, 2.05) is 0 Å². The van der Waals surface area contributed by atoms with Gasteiger partial charge in [-0.05, 0) is 38.5 Å². The molecule has 1 aromatic carbocycles. The van der Waals surface area contributed by atoms with E-state index in [0.29, 0.717) is 5.56 Å². The van der Waals surface area contributed by atoms with Crippen molar-refractivity contribution in [3.8, 4) is 0 Å². The summed E-state index contributed by atoms with van der Waals surface area (Å²) in [7, 11) is 1.13. The Morgan fingerprint density at radius 2 is 1.62 bits per heavy atom. The molecule has 8 nitrogen and oxygen atoms in total. The number of esters is 2. The molecular weight excluding hydrogens is 383 g/mol. The molecule has 0 aromatic heterocycles. The van der Waals surface area contributed by atoms with Crippen molar-refractivity contribution >= 4 is 23.8 Å². The Kier molecular flexibility index (Phi) is 8.75. The van der Waals surface area contributed by atoms with Crippen LogP contribution in [0.15, 0.2) is 24.3 Å². The second-order valence-corrected chi connectivity index (χ2v) is 7.46. The van der Waals surface area contributed by atoms with Crippen molar-refractivity contribution in [3.05, 3.63) is 35.6 Å². The Balaban J connectivity index is 2.92. The van der Waals surface area contributed by atoms with Crippen LogP contribution < -0.4 is 10.6 Å². The molecule has 0 saturated heterocycles.